The van der Waals surface area contributed by atoms with E-state index < -0.39 is 0 Å². The first-order chi connectivity index (χ1) is 12.6. The van der Waals surface area contributed by atoms with Crippen LogP contribution in [-0.2, 0) is 4.79 Å². The van der Waals surface area contributed by atoms with Gasteiger partial charge in [0.25, 0.3) is 5.91 Å². The van der Waals surface area contributed by atoms with Gasteiger partial charge in [0.15, 0.2) is 12.4 Å². The van der Waals surface area contributed by atoms with E-state index in [1.807, 2.05) is 12.1 Å². The lowest BCUT2D eigenvalue weighted by molar-refractivity contribution is -0.118. The van der Waals surface area contributed by atoms with Gasteiger partial charge in [-0.3, -0.25) is 14.6 Å². The minimum Gasteiger partial charge on any atom is -0.496 e. The molecule has 0 fully saturated rings. The molecule has 6 nitrogen and oxygen atoms in total. The third kappa shape index (κ3) is 3.80. The molecular weight excluding hydrogens is 332 g/mol. The number of amides is 1. The van der Waals surface area contributed by atoms with Crippen molar-refractivity contribution in [2.45, 2.75) is 6.92 Å². The average Bonchev–Trinajstić information content (AvgIpc) is 2.66. The van der Waals surface area contributed by atoms with Crippen LogP contribution in [0.1, 0.15) is 17.3 Å². The number of nitrogens with one attached hydrogen (secondary N) is 1. The van der Waals surface area contributed by atoms with Gasteiger partial charge in [0, 0.05) is 17.1 Å². The lowest BCUT2D eigenvalue weighted by atomic mass is 10.1. The quantitative estimate of drug-likeness (QED) is 0.689. The van der Waals surface area contributed by atoms with Gasteiger partial charge < -0.3 is 14.8 Å². The van der Waals surface area contributed by atoms with Crippen molar-refractivity contribution in [3.8, 4) is 11.5 Å². The van der Waals surface area contributed by atoms with Crippen molar-refractivity contribution >= 4 is 28.3 Å². The molecule has 3 rings (SSSR count). The normalized spacial score (nSPS) is 10.4. The fourth-order valence-electron chi connectivity index (χ4n) is 2.57. The number of benzene rings is 2. The van der Waals surface area contributed by atoms with Gasteiger partial charge in [-0.05, 0) is 37.3 Å². The van der Waals surface area contributed by atoms with Crippen LogP contribution in [-0.4, -0.2) is 30.4 Å². The van der Waals surface area contributed by atoms with Crippen molar-refractivity contribution in [2.75, 3.05) is 19.0 Å². The maximum absolute atomic E-state index is 12.2. The van der Waals surface area contributed by atoms with Gasteiger partial charge in [-0.25, -0.2) is 0 Å². The highest BCUT2D eigenvalue weighted by atomic mass is 16.5. The van der Waals surface area contributed by atoms with E-state index >= 15 is 0 Å². The van der Waals surface area contributed by atoms with Gasteiger partial charge >= 0.3 is 0 Å². The summed E-state index contributed by atoms with van der Waals surface area (Å²) in [5.74, 6) is 0.764. The molecule has 26 heavy (non-hydrogen) atoms. The summed E-state index contributed by atoms with van der Waals surface area (Å²) >= 11 is 0. The van der Waals surface area contributed by atoms with Crippen molar-refractivity contribution < 1.29 is 19.1 Å². The van der Waals surface area contributed by atoms with Crippen LogP contribution >= 0.6 is 0 Å². The Kier molecular flexibility index (Phi) is 5.12. The Morgan fingerprint density at radius 1 is 1.12 bits per heavy atom. The summed E-state index contributed by atoms with van der Waals surface area (Å²) in [6.07, 6.45) is 1.63. The first-order valence-corrected chi connectivity index (χ1v) is 8.04. The zero-order chi connectivity index (χ0) is 18.5. The highest BCUT2D eigenvalue weighted by Crippen LogP contribution is 2.28. The second kappa shape index (κ2) is 7.65. The topological polar surface area (TPSA) is 77.5 Å². The van der Waals surface area contributed by atoms with E-state index in [0.29, 0.717) is 28.3 Å². The molecule has 1 heterocycles. The number of ether oxygens (including phenoxy) is 2. The molecular formula is C20H18N2O4. The number of hydrogen-bond acceptors (Lipinski definition) is 5. The number of para-hydroxylation sites is 1. The second-order valence-electron chi connectivity index (χ2n) is 5.64. The monoisotopic (exact) mass is 350 g/mol. The van der Waals surface area contributed by atoms with Gasteiger partial charge in [-0.1, -0.05) is 18.2 Å². The summed E-state index contributed by atoms with van der Waals surface area (Å²) in [5, 5.41) is 3.60. The number of rotatable bonds is 6. The number of aromatic nitrogens is 1. The van der Waals surface area contributed by atoms with Crippen LogP contribution in [0.4, 0.5) is 5.69 Å². The number of Topliss-reactive ketones (excluding diaryl/α,β-unsaturated/α-hetero) is 1. The maximum Gasteiger partial charge on any atom is 0.262 e. The van der Waals surface area contributed by atoms with Crippen LogP contribution in [0.5, 0.6) is 11.5 Å². The molecule has 0 aliphatic heterocycles. The van der Waals surface area contributed by atoms with Crippen molar-refractivity contribution in [1.82, 2.24) is 4.98 Å². The minimum absolute atomic E-state index is 0.0596. The molecule has 0 bridgehead atoms. The predicted molar refractivity (Wildman–Crippen MR) is 98.9 cm³/mol. The molecule has 0 aliphatic rings. The molecule has 132 valence electrons. The smallest absolute Gasteiger partial charge is 0.262 e. The number of anilines is 1. The highest BCUT2D eigenvalue weighted by Gasteiger charge is 2.10. The largest absolute Gasteiger partial charge is 0.496 e. The fraction of sp³-hybridized carbons (Fsp3) is 0.150. The SMILES string of the molecule is COc1ccnc2c(NC(=O)COc3cccc(C(C)=O)c3)cccc12. The molecule has 6 heteroatoms. The molecule has 1 N–H and O–H groups in total. The van der Waals surface area contributed by atoms with Gasteiger partial charge in [-0.2, -0.15) is 0 Å². The predicted octanol–water partition coefficient (Wildman–Crippen LogP) is 3.46. The lowest BCUT2D eigenvalue weighted by Crippen LogP contribution is -2.20. The number of nitrogens with zero attached hydrogens (tertiary/aromatic N) is 1. The van der Waals surface area contributed by atoms with Crippen molar-refractivity contribution in [3.63, 3.8) is 0 Å². The van der Waals surface area contributed by atoms with Crippen LogP contribution in [0.3, 0.4) is 0 Å². The summed E-state index contributed by atoms with van der Waals surface area (Å²) in [7, 11) is 1.59. The van der Waals surface area contributed by atoms with Gasteiger partial charge in [0.1, 0.15) is 11.5 Å². The number of pyridine rings is 1. The number of fused-ring (bicyclic) bond motifs is 1. The number of hydrogen-bond donors (Lipinski definition) is 1. The lowest BCUT2D eigenvalue weighted by Gasteiger charge is -2.11. The second-order valence-corrected chi connectivity index (χ2v) is 5.64. The number of methoxy groups -OCH3 is 1. The Morgan fingerprint density at radius 3 is 2.69 bits per heavy atom. The van der Waals surface area contributed by atoms with E-state index in [-0.39, 0.29) is 18.3 Å². The summed E-state index contributed by atoms with van der Waals surface area (Å²) in [6, 6.07) is 13.9. The molecule has 0 spiro atoms. The van der Waals surface area contributed by atoms with Gasteiger partial charge in [0.05, 0.1) is 18.3 Å². The summed E-state index contributed by atoms with van der Waals surface area (Å²) in [4.78, 5) is 28.0. The molecule has 0 saturated carbocycles. The van der Waals surface area contributed by atoms with E-state index in [1.165, 1.54) is 6.92 Å². The molecule has 0 aliphatic carbocycles. The Hall–Kier alpha value is -3.41. The van der Waals surface area contributed by atoms with Crippen LogP contribution in [0.25, 0.3) is 10.9 Å². The standard InChI is InChI=1S/C20H18N2O4/c1-13(23)14-5-3-6-15(11-14)26-12-19(24)22-17-8-4-7-16-18(25-2)9-10-21-20(16)17/h3-11H,12H2,1-2H3,(H,22,24). The Morgan fingerprint density at radius 2 is 1.92 bits per heavy atom. The van der Waals surface area contributed by atoms with Crippen LogP contribution in [0.15, 0.2) is 54.7 Å². The average molecular weight is 350 g/mol. The molecule has 0 atom stereocenters. The molecule has 2 aromatic carbocycles. The Labute approximate surface area is 150 Å². The minimum atomic E-state index is -0.324. The van der Waals surface area contributed by atoms with Crippen molar-refractivity contribution in [3.05, 3.63) is 60.3 Å². The molecule has 1 aromatic heterocycles. The molecule has 3 aromatic rings. The van der Waals surface area contributed by atoms with Crippen LogP contribution < -0.4 is 14.8 Å². The fourth-order valence-corrected chi connectivity index (χ4v) is 2.57. The Balaban J connectivity index is 1.72. The van der Waals surface area contributed by atoms with Crippen molar-refractivity contribution in [1.29, 1.82) is 0 Å². The third-order valence-electron chi connectivity index (χ3n) is 3.84. The van der Waals surface area contributed by atoms with E-state index in [1.54, 1.807) is 49.7 Å². The third-order valence-corrected chi connectivity index (χ3v) is 3.84. The number of carbonyl (C=O) groups is 2. The van der Waals surface area contributed by atoms with E-state index in [9.17, 15) is 9.59 Å². The molecule has 0 saturated heterocycles. The maximum atomic E-state index is 12.2. The first-order valence-electron chi connectivity index (χ1n) is 8.04. The summed E-state index contributed by atoms with van der Waals surface area (Å²) < 4.78 is 10.8. The van der Waals surface area contributed by atoms with Crippen molar-refractivity contribution in [2.24, 2.45) is 0 Å². The zero-order valence-electron chi connectivity index (χ0n) is 14.5. The van der Waals surface area contributed by atoms with Crippen LogP contribution in [0.2, 0.25) is 0 Å². The van der Waals surface area contributed by atoms with Crippen LogP contribution in [0, 0.1) is 0 Å². The van der Waals surface area contributed by atoms with E-state index in [2.05, 4.69) is 10.3 Å². The highest BCUT2D eigenvalue weighted by molar-refractivity contribution is 6.02. The van der Waals surface area contributed by atoms with Gasteiger partial charge in [0.2, 0.25) is 0 Å². The van der Waals surface area contributed by atoms with E-state index in [4.69, 9.17) is 9.47 Å². The molecule has 1 amide bonds. The summed E-state index contributed by atoms with van der Waals surface area (Å²) in [5.41, 5.74) is 1.75. The first kappa shape index (κ1) is 17.4. The molecule has 0 radical (unpaired) electrons. The summed E-state index contributed by atoms with van der Waals surface area (Å²) in [6.45, 7) is 1.30. The Bertz CT molecular complexity index is 969. The number of carbonyl (C=O) groups excluding carboxylic acids is 2. The molecule has 0 unspecified atom stereocenters. The number of ketones is 1. The van der Waals surface area contributed by atoms with Gasteiger partial charge in [-0.15, -0.1) is 0 Å². The van der Waals surface area contributed by atoms with E-state index in [0.717, 1.165) is 5.39 Å². The zero-order valence-corrected chi connectivity index (χ0v) is 14.5.